The first-order valence-electron chi connectivity index (χ1n) is 8.52. The van der Waals surface area contributed by atoms with Gasteiger partial charge in [0, 0.05) is 0 Å². The molecule has 1 aliphatic rings. The van der Waals surface area contributed by atoms with Crippen LogP contribution >= 0.6 is 0 Å². The van der Waals surface area contributed by atoms with Crippen LogP contribution in [0.4, 0.5) is 0 Å². The van der Waals surface area contributed by atoms with Gasteiger partial charge in [-0.05, 0) is 30.1 Å². The van der Waals surface area contributed by atoms with Crippen LogP contribution in [0.2, 0.25) is 0 Å². The molecule has 0 aromatic carbocycles. The third kappa shape index (κ3) is 12.5. The van der Waals surface area contributed by atoms with E-state index in [1.165, 1.54) is 25.7 Å². The standard InChI is InChI=1S/C7H14.C7H16.2C2H6/c1-3-7-5-4-6(7)2;1-5-7(4)6(2)3;2*1-2/h6-7H,3-5H2,1-2H3;6-7H,5H2,1-4H3;2*1-2H3. The molecule has 114 valence electrons. The molecule has 0 radical (unpaired) electrons. The molecular formula is C18H42. The second kappa shape index (κ2) is 17.0. The Hall–Kier alpha value is 0. The molecule has 0 nitrogen and oxygen atoms in total. The Morgan fingerprint density at radius 3 is 1.33 bits per heavy atom. The molecule has 3 atom stereocenters. The smallest absolute Gasteiger partial charge is 0.0391 e. The molecule has 0 aliphatic heterocycles. The van der Waals surface area contributed by atoms with Crippen molar-refractivity contribution < 1.29 is 0 Å². The van der Waals surface area contributed by atoms with Gasteiger partial charge in [-0.2, -0.15) is 0 Å². The molecule has 1 saturated carbocycles. The quantitative estimate of drug-likeness (QED) is 0.503. The van der Waals surface area contributed by atoms with E-state index in [1.807, 2.05) is 27.7 Å². The van der Waals surface area contributed by atoms with Gasteiger partial charge in [0.15, 0.2) is 0 Å². The van der Waals surface area contributed by atoms with E-state index in [2.05, 4.69) is 41.5 Å². The first-order chi connectivity index (χ1) is 8.52. The second-order valence-corrected chi connectivity index (χ2v) is 5.35. The van der Waals surface area contributed by atoms with Crippen molar-refractivity contribution in [2.24, 2.45) is 23.7 Å². The van der Waals surface area contributed by atoms with Gasteiger partial charge in [0.25, 0.3) is 0 Å². The highest BCUT2D eigenvalue weighted by Gasteiger charge is 2.23. The average Bonchev–Trinajstić information content (AvgIpc) is 2.41. The molecule has 0 saturated heterocycles. The fraction of sp³-hybridized carbons (Fsp3) is 1.00. The zero-order chi connectivity index (χ0) is 15.1. The molecule has 0 aromatic rings. The lowest BCUT2D eigenvalue weighted by Crippen LogP contribution is -2.21. The Morgan fingerprint density at radius 1 is 0.889 bits per heavy atom. The highest BCUT2D eigenvalue weighted by molar-refractivity contribution is 4.75. The first-order valence-corrected chi connectivity index (χ1v) is 8.52. The van der Waals surface area contributed by atoms with Crippen molar-refractivity contribution in [3.05, 3.63) is 0 Å². The maximum atomic E-state index is 2.36. The molecule has 0 heteroatoms. The third-order valence-corrected chi connectivity index (χ3v) is 4.10. The minimum atomic E-state index is 0.866. The van der Waals surface area contributed by atoms with Gasteiger partial charge in [0.05, 0.1) is 0 Å². The van der Waals surface area contributed by atoms with E-state index >= 15 is 0 Å². The molecule has 1 fully saturated rings. The molecule has 18 heavy (non-hydrogen) atoms. The van der Waals surface area contributed by atoms with Crippen molar-refractivity contribution in [1.29, 1.82) is 0 Å². The fourth-order valence-electron chi connectivity index (χ4n) is 1.81. The minimum Gasteiger partial charge on any atom is -0.0683 e. The Morgan fingerprint density at radius 2 is 1.33 bits per heavy atom. The van der Waals surface area contributed by atoms with Crippen LogP contribution < -0.4 is 0 Å². The summed E-state index contributed by atoms with van der Waals surface area (Å²) in [5, 5.41) is 0. The van der Waals surface area contributed by atoms with Gasteiger partial charge in [0.1, 0.15) is 0 Å². The molecule has 1 rings (SSSR count). The number of rotatable bonds is 3. The number of hydrogen-bond acceptors (Lipinski definition) is 0. The summed E-state index contributed by atoms with van der Waals surface area (Å²) in [5.74, 6) is 3.90. The third-order valence-electron chi connectivity index (χ3n) is 4.10. The maximum Gasteiger partial charge on any atom is -0.0391 e. The van der Waals surface area contributed by atoms with Gasteiger partial charge in [-0.1, -0.05) is 88.5 Å². The van der Waals surface area contributed by atoms with Gasteiger partial charge < -0.3 is 0 Å². The van der Waals surface area contributed by atoms with Gasteiger partial charge in [-0.25, -0.2) is 0 Å². The summed E-state index contributed by atoms with van der Waals surface area (Å²) in [7, 11) is 0. The van der Waals surface area contributed by atoms with Crippen LogP contribution in [0.5, 0.6) is 0 Å². The summed E-state index contributed by atoms with van der Waals surface area (Å²) >= 11 is 0. The molecule has 3 unspecified atom stereocenters. The zero-order valence-electron chi connectivity index (χ0n) is 15.1. The lowest BCUT2D eigenvalue weighted by molar-refractivity contribution is 0.190. The summed E-state index contributed by atoms with van der Waals surface area (Å²) in [6.45, 7) is 21.7. The Balaban J connectivity index is -0.000000196. The minimum absolute atomic E-state index is 0.866. The van der Waals surface area contributed by atoms with Crippen LogP contribution in [0, 0.1) is 23.7 Å². The molecule has 0 aromatic heterocycles. The van der Waals surface area contributed by atoms with Crippen LogP contribution in [-0.4, -0.2) is 0 Å². The topological polar surface area (TPSA) is 0 Å². The van der Waals surface area contributed by atoms with E-state index in [1.54, 1.807) is 0 Å². The largest absolute Gasteiger partial charge is 0.0683 e. The van der Waals surface area contributed by atoms with Crippen molar-refractivity contribution in [3.63, 3.8) is 0 Å². The van der Waals surface area contributed by atoms with E-state index < -0.39 is 0 Å². The van der Waals surface area contributed by atoms with E-state index in [-0.39, 0.29) is 0 Å². The zero-order valence-corrected chi connectivity index (χ0v) is 15.1. The summed E-state index contributed by atoms with van der Waals surface area (Å²) in [5.41, 5.74) is 0. The van der Waals surface area contributed by atoms with Crippen LogP contribution in [0.15, 0.2) is 0 Å². The lowest BCUT2D eigenvalue weighted by atomic mass is 9.74. The van der Waals surface area contributed by atoms with E-state index in [4.69, 9.17) is 0 Å². The van der Waals surface area contributed by atoms with Crippen molar-refractivity contribution in [1.82, 2.24) is 0 Å². The summed E-state index contributed by atoms with van der Waals surface area (Å²) in [6.07, 6.45) is 5.70. The Bertz CT molecular complexity index is 116. The summed E-state index contributed by atoms with van der Waals surface area (Å²) in [6, 6.07) is 0. The summed E-state index contributed by atoms with van der Waals surface area (Å²) < 4.78 is 0. The fourth-order valence-corrected chi connectivity index (χ4v) is 1.81. The Kier molecular flexibility index (Phi) is 21.8. The van der Waals surface area contributed by atoms with Gasteiger partial charge in [0.2, 0.25) is 0 Å². The van der Waals surface area contributed by atoms with E-state index in [0.717, 1.165) is 23.7 Å². The maximum absolute atomic E-state index is 2.36. The second-order valence-electron chi connectivity index (χ2n) is 5.35. The SMILES string of the molecule is CC.CC.CCC(C)C(C)C.CCC1CCC1C. The van der Waals surface area contributed by atoms with Crippen LogP contribution in [-0.2, 0) is 0 Å². The number of hydrogen-bond donors (Lipinski definition) is 0. The Labute approximate surface area is 119 Å². The molecule has 0 heterocycles. The molecule has 0 spiro atoms. The van der Waals surface area contributed by atoms with Crippen LogP contribution in [0.1, 0.15) is 94.9 Å². The average molecular weight is 259 g/mol. The van der Waals surface area contributed by atoms with Crippen molar-refractivity contribution in [2.45, 2.75) is 94.9 Å². The van der Waals surface area contributed by atoms with Gasteiger partial charge >= 0.3 is 0 Å². The summed E-state index contributed by atoms with van der Waals surface area (Å²) in [4.78, 5) is 0. The van der Waals surface area contributed by atoms with Crippen LogP contribution in [0.3, 0.4) is 0 Å². The predicted octanol–water partition coefficient (Wildman–Crippen LogP) is 7.18. The van der Waals surface area contributed by atoms with Crippen molar-refractivity contribution >= 4 is 0 Å². The molecule has 0 amide bonds. The molecule has 0 bridgehead atoms. The van der Waals surface area contributed by atoms with E-state index in [9.17, 15) is 0 Å². The lowest BCUT2D eigenvalue weighted by Gasteiger charge is -2.32. The van der Waals surface area contributed by atoms with Crippen LogP contribution in [0.25, 0.3) is 0 Å². The predicted molar refractivity (Wildman–Crippen MR) is 89.2 cm³/mol. The highest BCUT2D eigenvalue weighted by atomic mass is 14.3. The van der Waals surface area contributed by atoms with E-state index in [0.29, 0.717) is 0 Å². The van der Waals surface area contributed by atoms with Crippen molar-refractivity contribution in [3.8, 4) is 0 Å². The van der Waals surface area contributed by atoms with Gasteiger partial charge in [-0.3, -0.25) is 0 Å². The molecule has 1 aliphatic carbocycles. The first kappa shape index (κ1) is 23.1. The monoisotopic (exact) mass is 258 g/mol. The van der Waals surface area contributed by atoms with Crippen molar-refractivity contribution in [2.75, 3.05) is 0 Å². The highest BCUT2D eigenvalue weighted by Crippen LogP contribution is 2.35. The van der Waals surface area contributed by atoms with Gasteiger partial charge in [-0.15, -0.1) is 0 Å². The molecule has 0 N–H and O–H groups in total. The molecular weight excluding hydrogens is 216 g/mol. The normalized spacial score (nSPS) is 22.2.